The van der Waals surface area contributed by atoms with Crippen molar-refractivity contribution in [2.45, 2.75) is 18.4 Å². The maximum Gasteiger partial charge on any atom is 0.337 e. The summed E-state index contributed by atoms with van der Waals surface area (Å²) < 4.78 is 4.80. The molecule has 0 radical (unpaired) electrons. The van der Waals surface area contributed by atoms with E-state index in [1.54, 1.807) is 30.3 Å². The lowest BCUT2D eigenvalue weighted by molar-refractivity contribution is -0.384. The van der Waals surface area contributed by atoms with Gasteiger partial charge in [-0.05, 0) is 52.8 Å². The van der Waals surface area contributed by atoms with Gasteiger partial charge in [0.15, 0.2) is 0 Å². The van der Waals surface area contributed by atoms with E-state index < -0.39 is 0 Å². The SMILES string of the molecule is COC(=O)c1ccc([C@@H]2Nc3ccc([N+](=O)[O-])cc3[C@@H]3c4ccccc4C[C@H]32)cc1. The molecule has 3 atom stereocenters. The molecule has 150 valence electrons. The van der Waals surface area contributed by atoms with Crippen molar-refractivity contribution in [2.24, 2.45) is 5.92 Å². The van der Waals surface area contributed by atoms with Crippen LogP contribution in [0.4, 0.5) is 11.4 Å². The van der Waals surface area contributed by atoms with E-state index in [0.717, 1.165) is 23.2 Å². The van der Waals surface area contributed by atoms with Crippen LogP contribution in [0.25, 0.3) is 0 Å². The minimum Gasteiger partial charge on any atom is -0.465 e. The van der Waals surface area contributed by atoms with Crippen LogP contribution < -0.4 is 5.32 Å². The smallest absolute Gasteiger partial charge is 0.337 e. The van der Waals surface area contributed by atoms with Crippen LogP contribution in [-0.2, 0) is 11.2 Å². The van der Waals surface area contributed by atoms with Crippen molar-refractivity contribution in [1.82, 2.24) is 0 Å². The molecule has 0 spiro atoms. The number of nitro groups is 1. The van der Waals surface area contributed by atoms with Crippen LogP contribution >= 0.6 is 0 Å². The topological polar surface area (TPSA) is 81.5 Å². The molecule has 3 aromatic rings. The molecule has 5 rings (SSSR count). The molecule has 1 N–H and O–H groups in total. The van der Waals surface area contributed by atoms with Crippen LogP contribution in [0.2, 0.25) is 0 Å². The van der Waals surface area contributed by atoms with E-state index in [1.807, 2.05) is 24.3 Å². The zero-order valence-corrected chi connectivity index (χ0v) is 16.4. The van der Waals surface area contributed by atoms with E-state index in [2.05, 4.69) is 17.4 Å². The van der Waals surface area contributed by atoms with E-state index in [4.69, 9.17) is 4.74 Å². The largest absolute Gasteiger partial charge is 0.465 e. The second kappa shape index (κ2) is 6.99. The molecular formula is C24H20N2O4. The van der Waals surface area contributed by atoms with Gasteiger partial charge in [0.25, 0.3) is 5.69 Å². The summed E-state index contributed by atoms with van der Waals surface area (Å²) in [5.74, 6) is -0.0505. The lowest BCUT2D eigenvalue weighted by atomic mass is 9.75. The molecule has 0 fully saturated rings. The van der Waals surface area contributed by atoms with Gasteiger partial charge in [-0.3, -0.25) is 10.1 Å². The van der Waals surface area contributed by atoms with Crippen molar-refractivity contribution in [1.29, 1.82) is 0 Å². The number of carbonyl (C=O) groups excluding carboxylic acids is 1. The van der Waals surface area contributed by atoms with Crippen molar-refractivity contribution in [3.8, 4) is 0 Å². The molecule has 0 amide bonds. The molecular weight excluding hydrogens is 380 g/mol. The lowest BCUT2D eigenvalue weighted by Gasteiger charge is -2.38. The molecule has 30 heavy (non-hydrogen) atoms. The van der Waals surface area contributed by atoms with Gasteiger partial charge >= 0.3 is 5.97 Å². The number of rotatable bonds is 3. The fraction of sp³-hybridized carbons (Fsp3) is 0.208. The summed E-state index contributed by atoms with van der Waals surface area (Å²) in [5.41, 5.74) is 6.11. The molecule has 6 nitrogen and oxygen atoms in total. The van der Waals surface area contributed by atoms with E-state index in [-0.39, 0.29) is 34.5 Å². The Hall–Kier alpha value is -3.67. The van der Waals surface area contributed by atoms with Gasteiger partial charge in [-0.1, -0.05) is 36.4 Å². The maximum atomic E-state index is 11.8. The zero-order chi connectivity index (χ0) is 20.8. The molecule has 0 bridgehead atoms. The molecule has 6 heteroatoms. The van der Waals surface area contributed by atoms with Crippen LogP contribution in [0.15, 0.2) is 66.7 Å². The van der Waals surface area contributed by atoms with Crippen LogP contribution in [0.1, 0.15) is 44.6 Å². The predicted octanol–water partition coefficient (Wildman–Crippen LogP) is 4.85. The van der Waals surface area contributed by atoms with Gasteiger partial charge in [0.2, 0.25) is 0 Å². The molecule has 0 saturated heterocycles. The monoisotopic (exact) mass is 400 g/mol. The number of ether oxygens (including phenoxy) is 1. The highest BCUT2D eigenvalue weighted by atomic mass is 16.6. The van der Waals surface area contributed by atoms with Gasteiger partial charge in [-0.15, -0.1) is 0 Å². The quantitative estimate of drug-likeness (QED) is 0.386. The molecule has 3 aromatic carbocycles. The summed E-state index contributed by atoms with van der Waals surface area (Å²) in [6.45, 7) is 0. The highest BCUT2D eigenvalue weighted by Crippen LogP contribution is 2.54. The standard InChI is InChI=1S/C24H20N2O4/c1-30-24(27)15-8-6-14(7-9-15)23-20-12-16-4-2-3-5-18(16)22(20)19-13-17(26(28)29)10-11-21(19)25-23/h2-11,13,20,22-23,25H,12H2,1H3/t20-,22+,23+/m1/s1. The van der Waals surface area contributed by atoms with Gasteiger partial charge < -0.3 is 10.1 Å². The van der Waals surface area contributed by atoms with Crippen LogP contribution in [0.5, 0.6) is 0 Å². The third-order valence-electron chi connectivity index (χ3n) is 6.29. The number of hydrogen-bond donors (Lipinski definition) is 1. The maximum absolute atomic E-state index is 11.8. The van der Waals surface area contributed by atoms with Crippen molar-refractivity contribution in [2.75, 3.05) is 12.4 Å². The first-order valence-corrected chi connectivity index (χ1v) is 9.88. The highest BCUT2D eigenvalue weighted by molar-refractivity contribution is 5.89. The number of esters is 1. The Balaban J connectivity index is 1.61. The van der Waals surface area contributed by atoms with Gasteiger partial charge in [-0.25, -0.2) is 4.79 Å². The first kappa shape index (κ1) is 18.4. The van der Waals surface area contributed by atoms with Crippen LogP contribution in [-0.4, -0.2) is 18.0 Å². The van der Waals surface area contributed by atoms with E-state index in [9.17, 15) is 14.9 Å². The average Bonchev–Trinajstić information content (AvgIpc) is 3.17. The second-order valence-electron chi connectivity index (χ2n) is 7.81. The summed E-state index contributed by atoms with van der Waals surface area (Å²) in [5, 5.41) is 15.0. The number of nitro benzene ring substituents is 1. The number of hydrogen-bond acceptors (Lipinski definition) is 5. The Bertz CT molecular complexity index is 1160. The number of nitrogens with one attached hydrogen (secondary N) is 1. The summed E-state index contributed by atoms with van der Waals surface area (Å²) in [7, 11) is 1.37. The molecule has 0 aromatic heterocycles. The minimum absolute atomic E-state index is 0.0306. The fourth-order valence-corrected chi connectivity index (χ4v) is 4.94. The van der Waals surface area contributed by atoms with Gasteiger partial charge in [-0.2, -0.15) is 0 Å². The first-order valence-electron chi connectivity index (χ1n) is 9.88. The number of anilines is 1. The minimum atomic E-state index is -0.359. The van der Waals surface area contributed by atoms with E-state index in [1.165, 1.54) is 18.2 Å². The molecule has 0 saturated carbocycles. The molecule has 0 unspecified atom stereocenters. The van der Waals surface area contributed by atoms with Crippen molar-refractivity contribution in [3.63, 3.8) is 0 Å². The van der Waals surface area contributed by atoms with Crippen molar-refractivity contribution >= 4 is 17.3 Å². The Morgan fingerprint density at radius 3 is 2.57 bits per heavy atom. The van der Waals surface area contributed by atoms with Gasteiger partial charge in [0.05, 0.1) is 23.6 Å². The van der Waals surface area contributed by atoms with Crippen molar-refractivity contribution < 1.29 is 14.5 Å². The summed E-state index contributed by atoms with van der Waals surface area (Å²) in [6.07, 6.45) is 0.888. The lowest BCUT2D eigenvalue weighted by Crippen LogP contribution is -2.30. The van der Waals surface area contributed by atoms with E-state index >= 15 is 0 Å². The first-order chi connectivity index (χ1) is 14.6. The van der Waals surface area contributed by atoms with Crippen LogP contribution in [0.3, 0.4) is 0 Å². The molecule has 1 heterocycles. The Morgan fingerprint density at radius 2 is 1.83 bits per heavy atom. The number of carbonyl (C=O) groups is 1. The van der Waals surface area contributed by atoms with E-state index in [0.29, 0.717) is 5.56 Å². The molecule has 1 aliphatic carbocycles. The Kier molecular flexibility index (Phi) is 4.28. The summed E-state index contributed by atoms with van der Waals surface area (Å²) in [4.78, 5) is 22.8. The Labute approximate surface area is 173 Å². The zero-order valence-electron chi connectivity index (χ0n) is 16.4. The average molecular weight is 400 g/mol. The van der Waals surface area contributed by atoms with Gasteiger partial charge in [0, 0.05) is 23.7 Å². The summed E-state index contributed by atoms with van der Waals surface area (Å²) in [6, 6.07) is 20.9. The number of nitrogens with zero attached hydrogens (tertiary/aromatic N) is 1. The number of benzene rings is 3. The van der Waals surface area contributed by atoms with Crippen LogP contribution in [0, 0.1) is 16.0 Å². The third-order valence-corrected chi connectivity index (χ3v) is 6.29. The third kappa shape index (κ3) is 2.84. The second-order valence-corrected chi connectivity index (χ2v) is 7.81. The molecule has 2 aliphatic rings. The number of fused-ring (bicyclic) bond motifs is 5. The normalized spacial score (nSPS) is 21.0. The molecule has 1 aliphatic heterocycles. The Morgan fingerprint density at radius 1 is 1.07 bits per heavy atom. The van der Waals surface area contributed by atoms with Gasteiger partial charge in [0.1, 0.15) is 0 Å². The predicted molar refractivity (Wildman–Crippen MR) is 113 cm³/mol. The number of methoxy groups -OCH3 is 1. The fourth-order valence-electron chi connectivity index (χ4n) is 4.94. The summed E-state index contributed by atoms with van der Waals surface area (Å²) >= 11 is 0. The highest BCUT2D eigenvalue weighted by Gasteiger charge is 2.43. The van der Waals surface area contributed by atoms with Crippen molar-refractivity contribution in [3.05, 3.63) is 105 Å². The number of non-ortho nitro benzene ring substituents is 1.